The number of methoxy groups -OCH3 is 2. The van der Waals surface area contributed by atoms with Crippen LogP contribution in [0.2, 0.25) is 0 Å². The van der Waals surface area contributed by atoms with Crippen molar-refractivity contribution in [3.05, 3.63) is 58.4 Å². The van der Waals surface area contributed by atoms with E-state index in [1.54, 1.807) is 22.8 Å². The first-order chi connectivity index (χ1) is 16.8. The maximum atomic E-state index is 13.1. The van der Waals surface area contributed by atoms with Crippen molar-refractivity contribution >= 4 is 21.2 Å². The van der Waals surface area contributed by atoms with Gasteiger partial charge in [0.2, 0.25) is 0 Å². The average molecular weight is 519 g/mol. The van der Waals surface area contributed by atoms with Gasteiger partial charge in [0.1, 0.15) is 34.5 Å². The molecule has 0 bridgehead atoms. The van der Waals surface area contributed by atoms with Gasteiger partial charge < -0.3 is 9.47 Å². The van der Waals surface area contributed by atoms with Gasteiger partial charge in [-0.05, 0) is 18.6 Å². The summed E-state index contributed by atoms with van der Waals surface area (Å²) in [6.07, 6.45) is 2.80. The molecular weight excluding hydrogens is 495 g/mol. The zero-order valence-corrected chi connectivity index (χ0v) is 20.9. The van der Waals surface area contributed by atoms with E-state index >= 15 is 0 Å². The van der Waals surface area contributed by atoms with Crippen molar-refractivity contribution in [2.24, 2.45) is 0 Å². The minimum atomic E-state index is -3.68. The van der Waals surface area contributed by atoms with E-state index in [0.717, 1.165) is 23.8 Å². The van der Waals surface area contributed by atoms with Crippen molar-refractivity contribution in [2.75, 3.05) is 20.0 Å². The molecule has 3 aromatic heterocycles. The summed E-state index contributed by atoms with van der Waals surface area (Å²) in [7, 11) is -0.651. The molecule has 0 saturated heterocycles. The molecule has 35 heavy (non-hydrogen) atoms. The number of rotatable bonds is 10. The van der Waals surface area contributed by atoms with Crippen LogP contribution in [0.15, 0.2) is 36.0 Å². The Bertz CT molecular complexity index is 1400. The van der Waals surface area contributed by atoms with Crippen LogP contribution in [0.5, 0.6) is 11.5 Å². The minimum Gasteiger partial charge on any atom is -0.494 e. The molecule has 0 amide bonds. The van der Waals surface area contributed by atoms with E-state index in [4.69, 9.17) is 9.47 Å². The predicted octanol–water partition coefficient (Wildman–Crippen LogP) is 3.06. The molecule has 0 aliphatic rings. The number of ether oxygens (including phenoxy) is 2. The molecule has 13 heteroatoms. The highest BCUT2D eigenvalue weighted by Gasteiger charge is 2.26. The predicted molar refractivity (Wildman–Crippen MR) is 128 cm³/mol. The van der Waals surface area contributed by atoms with E-state index in [2.05, 4.69) is 25.1 Å². The zero-order chi connectivity index (χ0) is 25.0. The van der Waals surface area contributed by atoms with Crippen molar-refractivity contribution in [1.29, 1.82) is 0 Å². The molecule has 0 aliphatic heterocycles. The van der Waals surface area contributed by atoms with E-state index in [0.29, 0.717) is 28.7 Å². The highest BCUT2D eigenvalue weighted by Crippen LogP contribution is 2.36. The smallest absolute Gasteiger partial charge is 0.188 e. The molecule has 184 valence electrons. The first-order valence-corrected chi connectivity index (χ1v) is 13.3. The summed E-state index contributed by atoms with van der Waals surface area (Å²) < 4.78 is 51.9. The highest BCUT2D eigenvalue weighted by atomic mass is 32.2. The topological polar surface area (TPSA) is 122 Å². The van der Waals surface area contributed by atoms with Crippen molar-refractivity contribution in [1.82, 2.24) is 29.7 Å². The zero-order valence-electron chi connectivity index (χ0n) is 19.3. The molecule has 0 saturated carbocycles. The Hall–Kier alpha value is -3.45. The standard InChI is InChI=1S/C22H23FN6O4S2/c1-4-20-26-15(12-34-20)22-28-27-19(29(22)21-16(32-2)6-5-7-17(21)33-3)13-35(30,31)9-8-18-24-10-14(23)11-25-18/h5-7,10-12H,4,8-9,13H2,1-3H3. The number of aryl methyl sites for hydroxylation is 2. The molecule has 4 aromatic rings. The number of aromatic nitrogens is 6. The largest absolute Gasteiger partial charge is 0.494 e. The van der Waals surface area contributed by atoms with Crippen LogP contribution < -0.4 is 9.47 Å². The van der Waals surface area contributed by atoms with Crippen LogP contribution in [0, 0.1) is 5.82 Å². The molecule has 3 heterocycles. The van der Waals surface area contributed by atoms with E-state index in [-0.39, 0.29) is 23.8 Å². The second-order valence-corrected chi connectivity index (χ2v) is 10.6. The summed E-state index contributed by atoms with van der Waals surface area (Å²) in [6, 6.07) is 5.25. The minimum absolute atomic E-state index is 0.0353. The Morgan fingerprint density at radius 2 is 1.77 bits per heavy atom. The van der Waals surface area contributed by atoms with Crippen molar-refractivity contribution in [3.63, 3.8) is 0 Å². The van der Waals surface area contributed by atoms with Crippen LogP contribution in [-0.2, 0) is 28.4 Å². The van der Waals surface area contributed by atoms with Gasteiger partial charge in [-0.15, -0.1) is 21.5 Å². The van der Waals surface area contributed by atoms with Crippen LogP contribution in [0.1, 0.15) is 23.6 Å². The monoisotopic (exact) mass is 518 g/mol. The second-order valence-electron chi connectivity index (χ2n) is 7.43. The molecule has 4 rings (SSSR count). The van der Waals surface area contributed by atoms with Gasteiger partial charge in [-0.1, -0.05) is 13.0 Å². The van der Waals surface area contributed by atoms with Crippen LogP contribution >= 0.6 is 11.3 Å². The van der Waals surface area contributed by atoms with Crippen LogP contribution in [0.4, 0.5) is 4.39 Å². The fourth-order valence-corrected chi connectivity index (χ4v) is 5.36. The van der Waals surface area contributed by atoms with Crippen LogP contribution in [0.25, 0.3) is 17.2 Å². The number of nitrogens with zero attached hydrogens (tertiary/aromatic N) is 6. The first-order valence-electron chi connectivity index (χ1n) is 10.6. The number of hydrogen-bond donors (Lipinski definition) is 0. The molecule has 0 aliphatic carbocycles. The van der Waals surface area contributed by atoms with Crippen molar-refractivity contribution in [2.45, 2.75) is 25.5 Å². The Kier molecular flexibility index (Phi) is 7.36. The average Bonchev–Trinajstić information content (AvgIpc) is 3.49. The summed E-state index contributed by atoms with van der Waals surface area (Å²) in [5, 5.41) is 11.3. The third-order valence-corrected chi connectivity index (χ3v) is 7.62. The number of sulfone groups is 1. The number of para-hydroxylation sites is 1. The van der Waals surface area contributed by atoms with Crippen LogP contribution in [0.3, 0.4) is 0 Å². The lowest BCUT2D eigenvalue weighted by molar-refractivity contribution is 0.390. The fraction of sp³-hybridized carbons (Fsp3) is 0.318. The van der Waals surface area contributed by atoms with E-state index in [9.17, 15) is 12.8 Å². The molecule has 0 fully saturated rings. The maximum absolute atomic E-state index is 13.1. The first kappa shape index (κ1) is 24.7. The van der Waals surface area contributed by atoms with Crippen LogP contribution in [-0.4, -0.2) is 58.1 Å². The van der Waals surface area contributed by atoms with E-state index in [1.807, 2.05) is 12.3 Å². The highest BCUT2D eigenvalue weighted by molar-refractivity contribution is 7.90. The molecular formula is C22H23FN6O4S2. The molecule has 0 N–H and O–H groups in total. The third-order valence-electron chi connectivity index (χ3n) is 5.10. The normalized spacial score (nSPS) is 11.5. The van der Waals surface area contributed by atoms with Gasteiger partial charge in [-0.2, -0.15) is 0 Å². The lowest BCUT2D eigenvalue weighted by atomic mass is 10.2. The summed E-state index contributed by atoms with van der Waals surface area (Å²) in [5.41, 5.74) is 1.03. The van der Waals surface area contributed by atoms with Gasteiger partial charge in [0.15, 0.2) is 27.3 Å². The molecule has 0 spiro atoms. The summed E-state index contributed by atoms with van der Waals surface area (Å²) in [5.74, 6) is 0.441. The Labute approximate surface area is 205 Å². The quantitative estimate of drug-likeness (QED) is 0.312. The lowest BCUT2D eigenvalue weighted by Gasteiger charge is -2.17. The number of halogens is 1. The lowest BCUT2D eigenvalue weighted by Crippen LogP contribution is -2.16. The Balaban J connectivity index is 1.76. The van der Waals surface area contributed by atoms with Gasteiger partial charge in [-0.3, -0.25) is 4.57 Å². The third kappa shape index (κ3) is 5.46. The maximum Gasteiger partial charge on any atom is 0.188 e. The molecule has 0 radical (unpaired) electrons. The number of thiazole rings is 1. The SMILES string of the molecule is CCc1nc(-c2nnc(CS(=O)(=O)CCc3ncc(F)cn3)n2-c2c(OC)cccc2OC)cs1. The van der Waals surface area contributed by atoms with Gasteiger partial charge in [0.05, 0.1) is 37.4 Å². The molecule has 1 aromatic carbocycles. The van der Waals surface area contributed by atoms with E-state index < -0.39 is 21.4 Å². The Morgan fingerprint density at radius 3 is 2.37 bits per heavy atom. The van der Waals surface area contributed by atoms with Gasteiger partial charge in [0.25, 0.3) is 0 Å². The molecule has 10 nitrogen and oxygen atoms in total. The summed E-state index contributed by atoms with van der Waals surface area (Å²) in [4.78, 5) is 12.3. The second kappa shape index (κ2) is 10.4. The number of hydrogen-bond acceptors (Lipinski definition) is 10. The fourth-order valence-electron chi connectivity index (χ4n) is 3.42. The Morgan fingerprint density at radius 1 is 1.09 bits per heavy atom. The van der Waals surface area contributed by atoms with Gasteiger partial charge in [-0.25, -0.2) is 27.8 Å². The van der Waals surface area contributed by atoms with Gasteiger partial charge in [0, 0.05) is 11.8 Å². The number of benzene rings is 1. The molecule has 0 unspecified atom stereocenters. The van der Waals surface area contributed by atoms with Crippen molar-refractivity contribution < 1.29 is 22.3 Å². The summed E-state index contributed by atoms with van der Waals surface area (Å²) in [6.45, 7) is 2.00. The molecule has 0 atom stereocenters. The van der Waals surface area contributed by atoms with E-state index in [1.165, 1.54) is 25.6 Å². The summed E-state index contributed by atoms with van der Waals surface area (Å²) >= 11 is 1.48. The van der Waals surface area contributed by atoms with Crippen molar-refractivity contribution in [3.8, 4) is 28.7 Å². The van der Waals surface area contributed by atoms with Gasteiger partial charge >= 0.3 is 0 Å².